The Morgan fingerprint density at radius 3 is 2.79 bits per heavy atom. The van der Waals surface area contributed by atoms with Crippen LogP contribution in [-0.2, 0) is 16.0 Å². The van der Waals surface area contributed by atoms with Gasteiger partial charge in [-0.05, 0) is 37.0 Å². The largest absolute Gasteiger partial charge is 0.486 e. The predicted octanol–water partition coefficient (Wildman–Crippen LogP) is 2.70. The lowest BCUT2D eigenvalue weighted by atomic mass is 10.1. The Bertz CT molecular complexity index is 663. The Hall–Kier alpha value is -1.70. The molecule has 1 fully saturated rings. The Labute approximate surface area is 171 Å². The van der Waals surface area contributed by atoms with Crippen LogP contribution in [0.15, 0.2) is 17.1 Å². The highest BCUT2D eigenvalue weighted by atomic mass is 35.5. The number of aliphatic imine (C=N–C) groups is 1. The SMILES string of the molecule is CN=C(NCc1cc(Cl)c2c(c1)OCCO2)N1CCC(OCCCOC)CC1. The molecule has 0 bridgehead atoms. The zero-order valence-corrected chi connectivity index (χ0v) is 17.5. The zero-order chi connectivity index (χ0) is 19.8. The molecule has 0 saturated carbocycles. The van der Waals surface area contributed by atoms with Crippen molar-refractivity contribution in [2.75, 3.05) is 53.7 Å². The van der Waals surface area contributed by atoms with Gasteiger partial charge in [0.25, 0.3) is 0 Å². The highest BCUT2D eigenvalue weighted by Crippen LogP contribution is 2.38. The molecule has 156 valence electrons. The highest BCUT2D eigenvalue weighted by Gasteiger charge is 2.22. The second kappa shape index (κ2) is 10.7. The van der Waals surface area contributed by atoms with Gasteiger partial charge in [-0.2, -0.15) is 0 Å². The van der Waals surface area contributed by atoms with Crippen molar-refractivity contribution < 1.29 is 18.9 Å². The Morgan fingerprint density at radius 1 is 1.25 bits per heavy atom. The third kappa shape index (κ3) is 5.65. The summed E-state index contributed by atoms with van der Waals surface area (Å²) in [6.45, 7) is 5.06. The molecule has 0 radical (unpaired) electrons. The van der Waals surface area contributed by atoms with Gasteiger partial charge in [-0.1, -0.05) is 11.6 Å². The van der Waals surface area contributed by atoms with Gasteiger partial charge in [0.2, 0.25) is 0 Å². The lowest BCUT2D eigenvalue weighted by molar-refractivity contribution is 0.00989. The summed E-state index contributed by atoms with van der Waals surface area (Å²) < 4.78 is 22.2. The van der Waals surface area contributed by atoms with Crippen molar-refractivity contribution in [3.63, 3.8) is 0 Å². The van der Waals surface area contributed by atoms with E-state index in [1.807, 2.05) is 19.2 Å². The van der Waals surface area contributed by atoms with Gasteiger partial charge < -0.3 is 29.2 Å². The summed E-state index contributed by atoms with van der Waals surface area (Å²) in [5.74, 6) is 2.23. The molecule has 1 saturated heterocycles. The summed E-state index contributed by atoms with van der Waals surface area (Å²) in [6, 6.07) is 3.89. The van der Waals surface area contributed by atoms with E-state index in [9.17, 15) is 0 Å². The monoisotopic (exact) mass is 411 g/mol. The van der Waals surface area contributed by atoms with Crippen LogP contribution in [0.5, 0.6) is 11.5 Å². The molecule has 2 aliphatic rings. The minimum atomic E-state index is 0.322. The van der Waals surface area contributed by atoms with Gasteiger partial charge in [0.15, 0.2) is 17.5 Å². The molecule has 3 rings (SSSR count). The minimum Gasteiger partial charge on any atom is -0.486 e. The van der Waals surface area contributed by atoms with Gasteiger partial charge in [-0.25, -0.2) is 0 Å². The molecule has 2 heterocycles. The molecule has 0 spiro atoms. The maximum Gasteiger partial charge on any atom is 0.193 e. The number of guanidine groups is 1. The van der Waals surface area contributed by atoms with Crippen molar-refractivity contribution in [2.45, 2.75) is 31.9 Å². The Morgan fingerprint density at radius 2 is 2.04 bits per heavy atom. The first-order chi connectivity index (χ1) is 13.7. The first-order valence-electron chi connectivity index (χ1n) is 9.85. The normalized spacial score (nSPS) is 17.7. The van der Waals surface area contributed by atoms with Crippen LogP contribution in [0, 0.1) is 0 Å². The van der Waals surface area contributed by atoms with Crippen LogP contribution in [0.3, 0.4) is 0 Å². The Kier molecular flexibility index (Phi) is 8.06. The van der Waals surface area contributed by atoms with E-state index < -0.39 is 0 Å². The fraction of sp³-hybridized carbons (Fsp3) is 0.650. The highest BCUT2D eigenvalue weighted by molar-refractivity contribution is 6.32. The maximum atomic E-state index is 6.33. The first-order valence-corrected chi connectivity index (χ1v) is 10.2. The lowest BCUT2D eigenvalue weighted by Gasteiger charge is -2.34. The van der Waals surface area contributed by atoms with Crippen LogP contribution < -0.4 is 14.8 Å². The van der Waals surface area contributed by atoms with Gasteiger partial charge in [0, 0.05) is 47.0 Å². The second-order valence-corrected chi connectivity index (χ2v) is 7.31. The molecule has 1 aromatic carbocycles. The van der Waals surface area contributed by atoms with E-state index in [4.69, 9.17) is 30.5 Å². The Balaban J connectivity index is 1.47. The summed E-state index contributed by atoms with van der Waals surface area (Å²) in [5.41, 5.74) is 1.03. The van der Waals surface area contributed by atoms with Gasteiger partial charge >= 0.3 is 0 Å². The van der Waals surface area contributed by atoms with Crippen molar-refractivity contribution in [1.29, 1.82) is 0 Å². The molecule has 0 unspecified atom stereocenters. The number of fused-ring (bicyclic) bond motifs is 1. The topological polar surface area (TPSA) is 64.6 Å². The minimum absolute atomic E-state index is 0.322. The number of benzene rings is 1. The van der Waals surface area contributed by atoms with Crippen LogP contribution in [0.25, 0.3) is 0 Å². The van der Waals surface area contributed by atoms with Gasteiger partial charge in [0.1, 0.15) is 13.2 Å². The van der Waals surface area contributed by atoms with Crippen molar-refractivity contribution in [2.24, 2.45) is 4.99 Å². The molecule has 1 N–H and O–H groups in total. The molecule has 0 amide bonds. The second-order valence-electron chi connectivity index (χ2n) is 6.91. The molecule has 0 atom stereocenters. The maximum absolute atomic E-state index is 6.33. The summed E-state index contributed by atoms with van der Waals surface area (Å²) in [6.07, 6.45) is 3.27. The number of halogens is 1. The molecule has 28 heavy (non-hydrogen) atoms. The lowest BCUT2D eigenvalue weighted by Crippen LogP contribution is -2.46. The van der Waals surface area contributed by atoms with E-state index in [0.29, 0.717) is 42.4 Å². The number of rotatable bonds is 7. The fourth-order valence-electron chi connectivity index (χ4n) is 3.47. The number of hydrogen-bond donors (Lipinski definition) is 1. The van der Waals surface area contributed by atoms with E-state index in [2.05, 4.69) is 15.2 Å². The van der Waals surface area contributed by atoms with Crippen LogP contribution in [0.2, 0.25) is 5.02 Å². The van der Waals surface area contributed by atoms with E-state index in [1.54, 1.807) is 7.11 Å². The van der Waals surface area contributed by atoms with Crippen molar-refractivity contribution in [3.8, 4) is 11.5 Å². The van der Waals surface area contributed by atoms with Crippen molar-refractivity contribution >= 4 is 17.6 Å². The average molecular weight is 412 g/mol. The quantitative estimate of drug-likeness (QED) is 0.423. The molecule has 7 nitrogen and oxygen atoms in total. The number of methoxy groups -OCH3 is 1. The molecule has 8 heteroatoms. The summed E-state index contributed by atoms with van der Waals surface area (Å²) in [7, 11) is 3.53. The van der Waals surface area contributed by atoms with Crippen LogP contribution in [-0.4, -0.2) is 70.6 Å². The molecular weight excluding hydrogens is 382 g/mol. The van der Waals surface area contributed by atoms with E-state index in [1.165, 1.54) is 0 Å². The molecule has 0 aliphatic carbocycles. The first kappa shape index (κ1) is 21.0. The number of nitrogens with zero attached hydrogens (tertiary/aromatic N) is 2. The number of likely N-dealkylation sites (tertiary alicyclic amines) is 1. The van der Waals surface area contributed by atoms with E-state index in [-0.39, 0.29) is 0 Å². The average Bonchev–Trinajstić information content (AvgIpc) is 2.73. The van der Waals surface area contributed by atoms with Crippen LogP contribution in [0.1, 0.15) is 24.8 Å². The van der Waals surface area contributed by atoms with E-state index >= 15 is 0 Å². The van der Waals surface area contributed by atoms with Crippen LogP contribution >= 0.6 is 11.6 Å². The smallest absolute Gasteiger partial charge is 0.193 e. The summed E-state index contributed by atoms with van der Waals surface area (Å²) in [4.78, 5) is 6.71. The van der Waals surface area contributed by atoms with Gasteiger partial charge in [-0.3, -0.25) is 4.99 Å². The molecule has 2 aliphatic heterocycles. The van der Waals surface area contributed by atoms with Crippen molar-refractivity contribution in [3.05, 3.63) is 22.7 Å². The molecule has 0 aromatic heterocycles. The van der Waals surface area contributed by atoms with Gasteiger partial charge in [0.05, 0.1) is 11.1 Å². The van der Waals surface area contributed by atoms with Crippen LogP contribution in [0.4, 0.5) is 0 Å². The van der Waals surface area contributed by atoms with Crippen molar-refractivity contribution in [1.82, 2.24) is 10.2 Å². The van der Waals surface area contributed by atoms with E-state index in [0.717, 1.165) is 57.1 Å². The third-order valence-electron chi connectivity index (χ3n) is 4.91. The number of hydrogen-bond acceptors (Lipinski definition) is 5. The predicted molar refractivity (Wildman–Crippen MR) is 110 cm³/mol. The zero-order valence-electron chi connectivity index (χ0n) is 16.7. The molecular formula is C20H30ClN3O4. The molecule has 1 aromatic rings. The number of nitrogens with one attached hydrogen (secondary N) is 1. The standard InChI is InChI=1S/C20H30ClN3O4/c1-22-20(24-6-4-16(5-7-24)26-9-3-8-25-2)23-14-15-12-17(21)19-18(13-15)27-10-11-28-19/h12-13,16H,3-11,14H2,1-2H3,(H,22,23). The number of piperidine rings is 1. The third-order valence-corrected chi connectivity index (χ3v) is 5.19. The number of ether oxygens (including phenoxy) is 4. The summed E-state index contributed by atoms with van der Waals surface area (Å²) >= 11 is 6.33. The summed E-state index contributed by atoms with van der Waals surface area (Å²) in [5, 5.41) is 4.01. The fourth-order valence-corrected chi connectivity index (χ4v) is 3.76. The van der Waals surface area contributed by atoms with Gasteiger partial charge in [-0.15, -0.1) is 0 Å².